The molecule has 0 spiro atoms. The van der Waals surface area contributed by atoms with E-state index in [2.05, 4.69) is 4.74 Å². The Balaban J connectivity index is 3.39. The Morgan fingerprint density at radius 3 is 2.69 bits per heavy atom. The Morgan fingerprint density at radius 1 is 1.62 bits per heavy atom. The second-order valence-corrected chi connectivity index (χ2v) is 2.78. The lowest BCUT2D eigenvalue weighted by Gasteiger charge is -2.09. The third-order valence-corrected chi connectivity index (χ3v) is 1.89. The maximum atomic E-state index is 13.1. The number of hydrogen-bond donors (Lipinski definition) is 2. The number of hydrogen-bond acceptors (Lipinski definition) is 3. The van der Waals surface area contributed by atoms with Crippen molar-refractivity contribution in [3.63, 3.8) is 0 Å². The third-order valence-electron chi connectivity index (χ3n) is 1.60. The largest absolute Gasteiger partial charge is 0.504 e. The van der Waals surface area contributed by atoms with Gasteiger partial charge in [-0.3, -0.25) is 0 Å². The van der Waals surface area contributed by atoms with Crippen molar-refractivity contribution in [1.82, 2.24) is 0 Å². The summed E-state index contributed by atoms with van der Waals surface area (Å²) in [5.41, 5.74) is 0.197. The molecule has 72 valence electrons. The predicted molar refractivity (Wildman–Crippen MR) is 45.5 cm³/mol. The Hall–Kier alpha value is -1.00. The topological polar surface area (TPSA) is 49.7 Å². The maximum absolute atomic E-state index is 13.1. The number of aliphatic hydroxyl groups excluding tert-OH is 1. The van der Waals surface area contributed by atoms with Crippen LogP contribution in [0.15, 0.2) is 6.07 Å². The lowest BCUT2D eigenvalue weighted by Crippen LogP contribution is -1.96. The van der Waals surface area contributed by atoms with E-state index in [1.807, 2.05) is 0 Å². The number of rotatable bonds is 2. The van der Waals surface area contributed by atoms with Crippen molar-refractivity contribution in [2.24, 2.45) is 0 Å². The van der Waals surface area contributed by atoms with Gasteiger partial charge in [0, 0.05) is 5.56 Å². The van der Waals surface area contributed by atoms with Crippen LogP contribution in [0.4, 0.5) is 4.39 Å². The van der Waals surface area contributed by atoms with E-state index in [-0.39, 0.29) is 16.3 Å². The molecule has 0 radical (unpaired) electrons. The average Bonchev–Trinajstić information content (AvgIpc) is 2.13. The molecule has 5 heteroatoms. The van der Waals surface area contributed by atoms with Crippen molar-refractivity contribution in [1.29, 1.82) is 0 Å². The van der Waals surface area contributed by atoms with Gasteiger partial charge in [0.15, 0.2) is 11.5 Å². The summed E-state index contributed by atoms with van der Waals surface area (Å²) in [7, 11) is 1.24. The van der Waals surface area contributed by atoms with Crippen molar-refractivity contribution in [3.05, 3.63) is 22.5 Å². The molecule has 1 aromatic rings. The minimum atomic E-state index is -0.959. The van der Waals surface area contributed by atoms with Gasteiger partial charge in [0.25, 0.3) is 0 Å². The molecule has 0 atom stereocenters. The van der Waals surface area contributed by atoms with Gasteiger partial charge in [0.1, 0.15) is 0 Å². The maximum Gasteiger partial charge on any atom is 0.208 e. The lowest BCUT2D eigenvalue weighted by molar-refractivity contribution is 0.269. The van der Waals surface area contributed by atoms with Crippen LogP contribution in [-0.4, -0.2) is 17.3 Å². The molecule has 1 aromatic carbocycles. The van der Waals surface area contributed by atoms with Crippen LogP contribution in [0, 0.1) is 5.82 Å². The van der Waals surface area contributed by atoms with Crippen LogP contribution in [0.1, 0.15) is 5.56 Å². The summed E-state index contributed by atoms with van der Waals surface area (Å²) >= 11 is 5.47. The molecule has 0 unspecified atom stereocenters. The molecule has 0 aliphatic rings. The highest BCUT2D eigenvalue weighted by atomic mass is 35.5. The van der Waals surface area contributed by atoms with Gasteiger partial charge in [-0.25, -0.2) is 0 Å². The van der Waals surface area contributed by atoms with Crippen molar-refractivity contribution in [2.75, 3.05) is 7.11 Å². The number of halogens is 2. The first-order chi connectivity index (χ1) is 6.11. The number of phenols is 1. The molecule has 0 saturated heterocycles. The highest BCUT2D eigenvalue weighted by Crippen LogP contribution is 2.35. The molecule has 0 fully saturated rings. The Morgan fingerprint density at radius 2 is 2.23 bits per heavy atom. The smallest absolute Gasteiger partial charge is 0.208 e. The van der Waals surface area contributed by atoms with Gasteiger partial charge in [-0.05, 0) is 6.07 Å². The molecule has 0 aliphatic carbocycles. The molecule has 13 heavy (non-hydrogen) atoms. The molecular formula is C8H8ClFO3. The second kappa shape index (κ2) is 3.81. The van der Waals surface area contributed by atoms with Crippen LogP contribution in [0.5, 0.6) is 11.5 Å². The normalized spacial score (nSPS) is 10.2. The lowest BCUT2D eigenvalue weighted by atomic mass is 10.2. The van der Waals surface area contributed by atoms with Crippen LogP contribution in [0.3, 0.4) is 0 Å². The molecule has 0 aliphatic heterocycles. The van der Waals surface area contributed by atoms with Crippen molar-refractivity contribution >= 4 is 11.6 Å². The SMILES string of the molecule is COc1c(CO)cc(Cl)c(O)c1F. The standard InChI is InChI=1S/C8H8ClFO3/c1-13-8-4(3-11)2-5(9)7(12)6(8)10/h2,11-12H,3H2,1H3. The zero-order valence-corrected chi connectivity index (χ0v) is 7.60. The van der Waals surface area contributed by atoms with E-state index in [1.165, 1.54) is 13.2 Å². The van der Waals surface area contributed by atoms with E-state index < -0.39 is 18.2 Å². The van der Waals surface area contributed by atoms with E-state index >= 15 is 0 Å². The highest BCUT2D eigenvalue weighted by Gasteiger charge is 2.16. The number of phenolic OH excluding ortho intramolecular Hbond substituents is 1. The van der Waals surface area contributed by atoms with E-state index in [1.54, 1.807) is 0 Å². The van der Waals surface area contributed by atoms with Crippen molar-refractivity contribution in [3.8, 4) is 11.5 Å². The fraction of sp³-hybridized carbons (Fsp3) is 0.250. The first kappa shape index (κ1) is 10.1. The second-order valence-electron chi connectivity index (χ2n) is 2.37. The molecule has 0 saturated carbocycles. The summed E-state index contributed by atoms with van der Waals surface area (Å²) < 4.78 is 17.8. The number of aliphatic hydroxyl groups is 1. The molecule has 0 heterocycles. The first-order valence-electron chi connectivity index (χ1n) is 3.46. The van der Waals surface area contributed by atoms with Crippen LogP contribution in [-0.2, 0) is 6.61 Å². The minimum Gasteiger partial charge on any atom is -0.504 e. The Bertz CT molecular complexity index is 328. The predicted octanol–water partition coefficient (Wildman–Crippen LogP) is 1.69. The zero-order valence-electron chi connectivity index (χ0n) is 6.84. The van der Waals surface area contributed by atoms with Gasteiger partial charge in [-0.15, -0.1) is 0 Å². The third kappa shape index (κ3) is 1.68. The van der Waals surface area contributed by atoms with E-state index in [0.717, 1.165) is 0 Å². The number of benzene rings is 1. The number of aromatic hydroxyl groups is 1. The summed E-state index contributed by atoms with van der Waals surface area (Å²) in [6.07, 6.45) is 0. The Kier molecular flexibility index (Phi) is 2.95. The fourth-order valence-electron chi connectivity index (χ4n) is 0.978. The molecule has 1 rings (SSSR count). The van der Waals surface area contributed by atoms with E-state index in [4.69, 9.17) is 21.8 Å². The van der Waals surface area contributed by atoms with Crippen LogP contribution < -0.4 is 4.74 Å². The molecule has 3 nitrogen and oxygen atoms in total. The minimum absolute atomic E-state index is 0.151. The van der Waals surface area contributed by atoms with Gasteiger partial charge in [-0.1, -0.05) is 11.6 Å². The highest BCUT2D eigenvalue weighted by molar-refractivity contribution is 6.32. The Labute approximate surface area is 79.3 Å². The van der Waals surface area contributed by atoms with E-state index in [0.29, 0.717) is 0 Å². The zero-order chi connectivity index (χ0) is 10.0. The summed E-state index contributed by atoms with van der Waals surface area (Å²) in [6, 6.07) is 1.25. The van der Waals surface area contributed by atoms with Crippen molar-refractivity contribution in [2.45, 2.75) is 6.61 Å². The van der Waals surface area contributed by atoms with Crippen LogP contribution in [0.2, 0.25) is 5.02 Å². The summed E-state index contributed by atoms with van der Waals surface area (Å²) in [5, 5.41) is 17.7. The molecule has 0 bridgehead atoms. The molecular weight excluding hydrogens is 199 g/mol. The molecule has 2 N–H and O–H groups in total. The number of methoxy groups -OCH3 is 1. The number of ether oxygens (including phenoxy) is 1. The van der Waals surface area contributed by atoms with Crippen LogP contribution in [0.25, 0.3) is 0 Å². The molecule has 0 aromatic heterocycles. The van der Waals surface area contributed by atoms with Gasteiger partial charge in [0.05, 0.1) is 18.7 Å². The van der Waals surface area contributed by atoms with Gasteiger partial charge < -0.3 is 14.9 Å². The first-order valence-corrected chi connectivity index (χ1v) is 3.84. The van der Waals surface area contributed by atoms with Gasteiger partial charge in [-0.2, -0.15) is 4.39 Å². The summed E-state index contributed by atoms with van der Waals surface area (Å²) in [6.45, 7) is -0.403. The molecule has 0 amide bonds. The summed E-state index contributed by atoms with van der Waals surface area (Å²) in [4.78, 5) is 0. The average molecular weight is 207 g/mol. The monoisotopic (exact) mass is 206 g/mol. The quantitative estimate of drug-likeness (QED) is 0.774. The van der Waals surface area contributed by atoms with Gasteiger partial charge in [0.2, 0.25) is 5.82 Å². The van der Waals surface area contributed by atoms with Crippen LogP contribution >= 0.6 is 11.6 Å². The van der Waals surface area contributed by atoms with E-state index in [9.17, 15) is 4.39 Å². The van der Waals surface area contributed by atoms with Gasteiger partial charge >= 0.3 is 0 Å². The summed E-state index contributed by atoms with van der Waals surface area (Å²) in [5.74, 6) is -1.82. The van der Waals surface area contributed by atoms with Crippen molar-refractivity contribution < 1.29 is 19.3 Å². The fourth-order valence-corrected chi connectivity index (χ4v) is 1.19.